The largest absolute Gasteiger partial charge is 0.372 e. The van der Waals surface area contributed by atoms with Gasteiger partial charge in [-0.25, -0.2) is 4.98 Å². The maximum Gasteiger partial charge on any atom is 0.222 e. The molecule has 0 radical (unpaired) electrons. The van der Waals surface area contributed by atoms with Crippen molar-refractivity contribution in [1.29, 1.82) is 0 Å². The Morgan fingerprint density at radius 2 is 1.82 bits per heavy atom. The zero-order valence-electron chi connectivity index (χ0n) is 19.1. The molecule has 0 fully saturated rings. The fourth-order valence-corrected chi connectivity index (χ4v) is 4.14. The van der Waals surface area contributed by atoms with Crippen LogP contribution in [0.3, 0.4) is 0 Å². The van der Waals surface area contributed by atoms with Crippen molar-refractivity contribution in [2.24, 2.45) is 0 Å². The van der Waals surface area contributed by atoms with E-state index >= 15 is 0 Å². The molecule has 0 unspecified atom stereocenters. The van der Waals surface area contributed by atoms with E-state index in [1.807, 2.05) is 50.6 Å². The van der Waals surface area contributed by atoms with Gasteiger partial charge in [-0.1, -0.05) is 42.5 Å². The topological polar surface area (TPSA) is 97.9 Å². The molecule has 0 spiro atoms. The summed E-state index contributed by atoms with van der Waals surface area (Å²) in [5, 5.41) is 10.6. The molecule has 4 N–H and O–H groups in total. The van der Waals surface area contributed by atoms with Crippen LogP contribution in [0.2, 0.25) is 0 Å². The first-order chi connectivity index (χ1) is 16.1. The molecule has 5 aromatic rings. The number of rotatable bonds is 5. The Morgan fingerprint density at radius 3 is 2.55 bits per heavy atom. The van der Waals surface area contributed by atoms with Crippen LogP contribution in [0.15, 0.2) is 60.8 Å². The van der Waals surface area contributed by atoms with Crippen molar-refractivity contribution >= 4 is 50.6 Å². The number of aromatic nitrogens is 3. The number of benzene rings is 3. The van der Waals surface area contributed by atoms with Crippen molar-refractivity contribution in [2.45, 2.75) is 20.0 Å². The molecular weight excluding hydrogens is 412 g/mol. The maximum atomic E-state index is 11.1. The first kappa shape index (κ1) is 22.2. The molecule has 7 nitrogen and oxygen atoms in total. The molecule has 3 aromatic carbocycles. The highest BCUT2D eigenvalue weighted by molar-refractivity contribution is 6.11. The lowest BCUT2D eigenvalue weighted by Gasteiger charge is -2.07. The Kier molecular flexibility index (Phi) is 6.51. The second-order valence-electron chi connectivity index (χ2n) is 7.73. The number of fused-ring (bicyclic) bond motifs is 4. The van der Waals surface area contributed by atoms with Crippen molar-refractivity contribution in [3.8, 4) is 0 Å². The average molecular weight is 441 g/mol. The van der Waals surface area contributed by atoms with Crippen molar-refractivity contribution in [1.82, 2.24) is 19.9 Å². The lowest BCUT2D eigenvalue weighted by atomic mass is 10.1. The molecule has 0 saturated heterocycles. The molecule has 2 aromatic heterocycles. The third-order valence-electron chi connectivity index (χ3n) is 5.66. The minimum absolute atomic E-state index is 0.290. The zero-order valence-corrected chi connectivity index (χ0v) is 19.1. The summed E-state index contributed by atoms with van der Waals surface area (Å²) >= 11 is 0. The van der Waals surface area contributed by atoms with E-state index in [1.54, 1.807) is 0 Å². The smallest absolute Gasteiger partial charge is 0.222 e. The summed E-state index contributed by atoms with van der Waals surface area (Å²) in [5.74, 6) is 1.05. The Hall–Kier alpha value is -3.97. The summed E-state index contributed by atoms with van der Waals surface area (Å²) < 4.78 is 2.14. The summed E-state index contributed by atoms with van der Waals surface area (Å²) in [5.41, 5.74) is 9.61. The second-order valence-corrected chi connectivity index (χ2v) is 7.73. The fourth-order valence-electron chi connectivity index (χ4n) is 4.14. The molecule has 168 valence electrons. The highest BCUT2D eigenvalue weighted by atomic mass is 16.1. The summed E-state index contributed by atoms with van der Waals surface area (Å²) in [6, 6.07) is 18.4. The lowest BCUT2D eigenvalue weighted by Crippen LogP contribution is -2.06. The van der Waals surface area contributed by atoms with Crippen LogP contribution >= 0.6 is 0 Å². The van der Waals surface area contributed by atoms with E-state index in [0.29, 0.717) is 5.95 Å². The van der Waals surface area contributed by atoms with Crippen LogP contribution in [-0.2, 0) is 13.1 Å². The van der Waals surface area contributed by atoms with Gasteiger partial charge in [0, 0.05) is 48.1 Å². The number of carbonyl (C=O) groups is 1. The molecule has 0 aliphatic rings. The number of aldehydes is 1. The molecular formula is C26H28N6O. The number of nitrogen functional groups attached to an aromatic ring is 1. The number of nitrogens with zero attached hydrogens (tertiary/aromatic N) is 3. The summed E-state index contributed by atoms with van der Waals surface area (Å²) in [6.45, 7) is 3.79. The predicted octanol–water partition coefficient (Wildman–Crippen LogP) is 4.60. The number of nitrogens with two attached hydrogens (primary N) is 1. The second kappa shape index (κ2) is 9.67. The van der Waals surface area contributed by atoms with Gasteiger partial charge in [-0.2, -0.15) is 4.98 Å². The minimum Gasteiger partial charge on any atom is -0.372 e. The molecule has 0 aliphatic heterocycles. The Morgan fingerprint density at radius 1 is 1.00 bits per heavy atom. The van der Waals surface area contributed by atoms with Crippen molar-refractivity contribution < 1.29 is 4.79 Å². The molecule has 0 aliphatic carbocycles. The molecule has 0 amide bonds. The molecule has 0 saturated carbocycles. The summed E-state index contributed by atoms with van der Waals surface area (Å²) in [4.78, 5) is 19.4. The fraction of sp³-hybridized carbons (Fsp3) is 0.192. The zero-order chi connectivity index (χ0) is 23.4. The predicted molar refractivity (Wildman–Crippen MR) is 137 cm³/mol. The Bertz CT molecular complexity index is 1440. The van der Waals surface area contributed by atoms with Crippen LogP contribution < -0.4 is 16.4 Å². The normalized spacial score (nSPS) is 10.9. The third-order valence-corrected chi connectivity index (χ3v) is 5.66. The highest BCUT2D eigenvalue weighted by Gasteiger charge is 2.10. The lowest BCUT2D eigenvalue weighted by molar-refractivity contribution is 0.112. The molecule has 0 bridgehead atoms. The minimum atomic E-state index is 0.290. The SMILES string of the molecule is CCn1cc(C=O)c2ccc3ccccc3c21.CNCc1ccc2nc(N)nc(NC)c2c1. The van der Waals surface area contributed by atoms with Gasteiger partial charge in [0.1, 0.15) is 5.82 Å². The average Bonchev–Trinajstić information content (AvgIpc) is 3.23. The molecule has 7 heteroatoms. The Labute approximate surface area is 192 Å². The number of anilines is 2. The van der Waals surface area contributed by atoms with E-state index < -0.39 is 0 Å². The molecule has 2 heterocycles. The van der Waals surface area contributed by atoms with Crippen LogP contribution in [0.25, 0.3) is 32.6 Å². The van der Waals surface area contributed by atoms with E-state index in [-0.39, 0.29) is 0 Å². The number of nitrogens with one attached hydrogen (secondary N) is 2. The van der Waals surface area contributed by atoms with Crippen molar-refractivity contribution in [3.05, 3.63) is 71.9 Å². The van der Waals surface area contributed by atoms with Crippen molar-refractivity contribution in [2.75, 3.05) is 25.1 Å². The van der Waals surface area contributed by atoms with Crippen molar-refractivity contribution in [3.63, 3.8) is 0 Å². The van der Waals surface area contributed by atoms with Crippen LogP contribution in [-0.4, -0.2) is 34.9 Å². The van der Waals surface area contributed by atoms with Gasteiger partial charge in [-0.05, 0) is 37.1 Å². The number of hydrogen-bond acceptors (Lipinski definition) is 6. The number of aryl methyl sites for hydroxylation is 1. The maximum absolute atomic E-state index is 11.1. The van der Waals surface area contributed by atoms with Gasteiger partial charge in [0.2, 0.25) is 5.95 Å². The van der Waals surface area contributed by atoms with Crippen LogP contribution in [0, 0.1) is 0 Å². The number of hydrogen-bond donors (Lipinski definition) is 3. The van der Waals surface area contributed by atoms with E-state index in [0.717, 1.165) is 52.6 Å². The third kappa shape index (κ3) is 4.36. The van der Waals surface area contributed by atoms with E-state index in [2.05, 4.69) is 56.4 Å². The monoisotopic (exact) mass is 440 g/mol. The number of carbonyl (C=O) groups excluding carboxylic acids is 1. The highest BCUT2D eigenvalue weighted by Crippen LogP contribution is 2.28. The molecule has 5 rings (SSSR count). The van der Waals surface area contributed by atoms with E-state index in [1.165, 1.54) is 16.3 Å². The Balaban J connectivity index is 0.000000157. The van der Waals surface area contributed by atoms with Gasteiger partial charge in [-0.15, -0.1) is 0 Å². The van der Waals surface area contributed by atoms with Crippen LogP contribution in [0.4, 0.5) is 11.8 Å². The van der Waals surface area contributed by atoms with Gasteiger partial charge in [0.05, 0.1) is 11.0 Å². The first-order valence-electron chi connectivity index (χ1n) is 10.9. The van der Waals surface area contributed by atoms with E-state index in [9.17, 15) is 4.79 Å². The summed E-state index contributed by atoms with van der Waals surface area (Å²) in [7, 11) is 3.74. The van der Waals surface area contributed by atoms with Crippen LogP contribution in [0.5, 0.6) is 0 Å². The standard InChI is InChI=1S/C15H13NO.C11H15N5/c1-2-16-9-12(10-17)14-8-7-11-5-3-4-6-13(11)15(14)16;1-13-6-7-3-4-9-8(5-7)10(14-2)16-11(12)15-9/h3-10H,2H2,1H3;3-5,13H,6H2,1-2H3,(H3,12,14,15,16). The van der Waals surface area contributed by atoms with Gasteiger partial charge >= 0.3 is 0 Å². The quantitative estimate of drug-likeness (QED) is 0.346. The van der Waals surface area contributed by atoms with Gasteiger partial charge in [0.25, 0.3) is 0 Å². The van der Waals surface area contributed by atoms with Gasteiger partial charge in [0.15, 0.2) is 6.29 Å². The molecule has 33 heavy (non-hydrogen) atoms. The summed E-state index contributed by atoms with van der Waals surface area (Å²) in [6.07, 6.45) is 2.87. The first-order valence-corrected chi connectivity index (χ1v) is 10.9. The van der Waals surface area contributed by atoms with Gasteiger partial charge in [-0.3, -0.25) is 4.79 Å². The van der Waals surface area contributed by atoms with E-state index in [4.69, 9.17) is 5.73 Å². The molecule has 0 atom stereocenters. The van der Waals surface area contributed by atoms with Gasteiger partial charge < -0.3 is 20.9 Å². The van der Waals surface area contributed by atoms with Crippen LogP contribution in [0.1, 0.15) is 22.8 Å².